The number of carbonyl (C=O) groups excluding carboxylic acids is 2. The fraction of sp³-hybridized carbons (Fsp3) is 0.429. The monoisotopic (exact) mass is 324 g/mol. The average molecular weight is 325 g/mol. The van der Waals surface area contributed by atoms with Crippen molar-refractivity contribution in [1.82, 2.24) is 4.90 Å². The molecule has 1 aliphatic rings. The van der Waals surface area contributed by atoms with Gasteiger partial charge in [0, 0.05) is 23.0 Å². The van der Waals surface area contributed by atoms with Gasteiger partial charge in [0.2, 0.25) is 11.8 Å². The molecule has 1 aliphatic heterocycles. The molecule has 1 N–H and O–H groups in total. The Hall–Kier alpha value is -1.36. The smallest absolute Gasteiger partial charge is 0.231 e. The normalized spacial score (nSPS) is 16.8. The number of nitrogens with one attached hydrogen (secondary N) is 1. The van der Waals surface area contributed by atoms with Crippen LogP contribution in [0.25, 0.3) is 0 Å². The molecule has 0 radical (unpaired) electrons. The van der Waals surface area contributed by atoms with Crippen LogP contribution in [0.3, 0.4) is 0 Å². The van der Waals surface area contributed by atoms with Crippen molar-refractivity contribution in [2.24, 2.45) is 0 Å². The van der Waals surface area contributed by atoms with Crippen LogP contribution in [0.5, 0.6) is 0 Å². The highest BCUT2D eigenvalue weighted by molar-refractivity contribution is 9.10. The summed E-state index contributed by atoms with van der Waals surface area (Å²) in [6, 6.07) is 7.72. The lowest BCUT2D eigenvalue weighted by Gasteiger charge is -2.27. The van der Waals surface area contributed by atoms with E-state index in [1.54, 1.807) is 0 Å². The van der Waals surface area contributed by atoms with Crippen LogP contribution >= 0.6 is 15.9 Å². The highest BCUT2D eigenvalue weighted by Gasteiger charge is 2.34. The maximum atomic E-state index is 11.8. The van der Waals surface area contributed by atoms with Gasteiger partial charge < -0.3 is 5.32 Å². The number of rotatable bonds is 5. The van der Waals surface area contributed by atoms with Crippen molar-refractivity contribution in [3.63, 3.8) is 0 Å². The molecule has 0 aliphatic carbocycles. The van der Waals surface area contributed by atoms with Crippen LogP contribution < -0.4 is 5.32 Å². The molecular formula is C14H17BrN2O2. The third kappa shape index (κ3) is 3.35. The van der Waals surface area contributed by atoms with E-state index in [0.717, 1.165) is 23.0 Å². The van der Waals surface area contributed by atoms with Crippen molar-refractivity contribution < 1.29 is 9.59 Å². The fourth-order valence-electron chi connectivity index (χ4n) is 2.25. The zero-order chi connectivity index (χ0) is 13.8. The van der Waals surface area contributed by atoms with Gasteiger partial charge >= 0.3 is 0 Å². The Morgan fingerprint density at radius 1 is 1.32 bits per heavy atom. The fourth-order valence-corrected chi connectivity index (χ4v) is 2.65. The van der Waals surface area contributed by atoms with E-state index in [0.29, 0.717) is 12.8 Å². The lowest BCUT2D eigenvalue weighted by Crippen LogP contribution is -2.44. The van der Waals surface area contributed by atoms with Gasteiger partial charge in [-0.3, -0.25) is 14.5 Å². The van der Waals surface area contributed by atoms with Crippen molar-refractivity contribution in [2.75, 3.05) is 5.32 Å². The first-order valence-electron chi connectivity index (χ1n) is 6.49. The molecular weight excluding hydrogens is 308 g/mol. The number of amides is 2. The number of likely N-dealkylation sites (tertiary alicyclic amines) is 1. The van der Waals surface area contributed by atoms with Gasteiger partial charge in [-0.15, -0.1) is 0 Å². The Bertz CT molecular complexity index is 474. The van der Waals surface area contributed by atoms with E-state index >= 15 is 0 Å². The maximum Gasteiger partial charge on any atom is 0.231 e. The van der Waals surface area contributed by atoms with Crippen LogP contribution in [0.1, 0.15) is 32.6 Å². The van der Waals surface area contributed by atoms with E-state index in [9.17, 15) is 9.59 Å². The minimum atomic E-state index is -0.248. The summed E-state index contributed by atoms with van der Waals surface area (Å²) in [7, 11) is 0. The number of halogens is 1. The second-order valence-corrected chi connectivity index (χ2v) is 5.53. The SMILES string of the molecule is CCCC(Nc1cccc(Br)c1)N1C(=O)CCC1=O. The van der Waals surface area contributed by atoms with Gasteiger partial charge in [0.1, 0.15) is 6.17 Å². The topological polar surface area (TPSA) is 49.4 Å². The predicted molar refractivity (Wildman–Crippen MR) is 77.5 cm³/mol. The number of imide groups is 1. The summed E-state index contributed by atoms with van der Waals surface area (Å²) in [5, 5.41) is 3.28. The molecule has 1 saturated heterocycles. The quantitative estimate of drug-likeness (QED) is 0.846. The largest absolute Gasteiger partial charge is 0.365 e. The van der Waals surface area contributed by atoms with Gasteiger partial charge in [-0.2, -0.15) is 0 Å². The Balaban J connectivity index is 2.16. The summed E-state index contributed by atoms with van der Waals surface area (Å²) in [5.41, 5.74) is 0.903. The number of anilines is 1. The molecule has 2 amide bonds. The molecule has 0 saturated carbocycles. The average Bonchev–Trinajstić information content (AvgIpc) is 2.69. The highest BCUT2D eigenvalue weighted by Crippen LogP contribution is 2.22. The third-order valence-electron chi connectivity index (χ3n) is 3.12. The zero-order valence-corrected chi connectivity index (χ0v) is 12.4. The molecule has 4 nitrogen and oxygen atoms in total. The molecule has 0 bridgehead atoms. The van der Waals surface area contributed by atoms with E-state index in [-0.39, 0.29) is 18.0 Å². The van der Waals surface area contributed by atoms with E-state index in [4.69, 9.17) is 0 Å². The minimum absolute atomic E-state index is 0.0778. The van der Waals surface area contributed by atoms with Gasteiger partial charge in [-0.05, 0) is 24.6 Å². The molecule has 2 rings (SSSR count). The summed E-state index contributed by atoms with van der Waals surface area (Å²) in [6.45, 7) is 2.04. The zero-order valence-electron chi connectivity index (χ0n) is 10.9. The van der Waals surface area contributed by atoms with E-state index in [1.807, 2.05) is 31.2 Å². The Morgan fingerprint density at radius 3 is 2.58 bits per heavy atom. The summed E-state index contributed by atoms with van der Waals surface area (Å²) in [4.78, 5) is 25.0. The standard InChI is InChI=1S/C14H17BrN2O2/c1-2-4-12(17-13(18)7-8-14(17)19)16-11-6-3-5-10(15)9-11/h3,5-6,9,12,16H,2,4,7-8H2,1H3. The first-order valence-corrected chi connectivity index (χ1v) is 7.28. The Labute approximate surface area is 121 Å². The van der Waals surface area contributed by atoms with Gasteiger partial charge in [-0.1, -0.05) is 35.3 Å². The first-order chi connectivity index (χ1) is 9.11. The molecule has 5 heteroatoms. The second kappa shape index (κ2) is 6.19. The van der Waals surface area contributed by atoms with Crippen molar-refractivity contribution in [2.45, 2.75) is 38.8 Å². The molecule has 0 spiro atoms. The van der Waals surface area contributed by atoms with Crippen molar-refractivity contribution >= 4 is 33.4 Å². The van der Waals surface area contributed by atoms with Crippen LogP contribution in [0.15, 0.2) is 28.7 Å². The molecule has 1 unspecified atom stereocenters. The van der Waals surface area contributed by atoms with E-state index in [1.165, 1.54) is 4.90 Å². The van der Waals surface area contributed by atoms with Crippen molar-refractivity contribution in [1.29, 1.82) is 0 Å². The summed E-state index contributed by atoms with van der Waals surface area (Å²) in [6.07, 6.45) is 2.08. The minimum Gasteiger partial charge on any atom is -0.365 e. The van der Waals surface area contributed by atoms with Crippen LogP contribution in [0.4, 0.5) is 5.69 Å². The Morgan fingerprint density at radius 2 is 2.00 bits per heavy atom. The van der Waals surface area contributed by atoms with E-state index < -0.39 is 0 Å². The molecule has 0 aromatic heterocycles. The molecule has 102 valence electrons. The Kier molecular flexibility index (Phi) is 4.58. The van der Waals surface area contributed by atoms with Gasteiger partial charge in [0.05, 0.1) is 0 Å². The molecule has 1 aromatic carbocycles. The van der Waals surface area contributed by atoms with Gasteiger partial charge in [0.25, 0.3) is 0 Å². The lowest BCUT2D eigenvalue weighted by atomic mass is 10.2. The number of hydrogen-bond donors (Lipinski definition) is 1. The van der Waals surface area contributed by atoms with Crippen LogP contribution in [-0.4, -0.2) is 22.9 Å². The lowest BCUT2D eigenvalue weighted by molar-refractivity contribution is -0.140. The maximum absolute atomic E-state index is 11.8. The molecule has 19 heavy (non-hydrogen) atoms. The predicted octanol–water partition coefficient (Wildman–Crippen LogP) is 3.14. The van der Waals surface area contributed by atoms with Crippen molar-refractivity contribution in [3.05, 3.63) is 28.7 Å². The third-order valence-corrected chi connectivity index (χ3v) is 3.62. The van der Waals surface area contributed by atoms with E-state index in [2.05, 4.69) is 21.2 Å². The van der Waals surface area contributed by atoms with Crippen LogP contribution in [0.2, 0.25) is 0 Å². The molecule has 1 fully saturated rings. The molecule has 1 aromatic rings. The van der Waals surface area contributed by atoms with Crippen molar-refractivity contribution in [3.8, 4) is 0 Å². The number of nitrogens with zero attached hydrogens (tertiary/aromatic N) is 1. The number of hydrogen-bond acceptors (Lipinski definition) is 3. The number of carbonyl (C=O) groups is 2. The summed E-state index contributed by atoms with van der Waals surface area (Å²) < 4.78 is 0.965. The van der Waals surface area contributed by atoms with Crippen LogP contribution in [0, 0.1) is 0 Å². The summed E-state index contributed by atoms with van der Waals surface area (Å²) >= 11 is 3.41. The molecule has 1 heterocycles. The van der Waals surface area contributed by atoms with Gasteiger partial charge in [-0.25, -0.2) is 0 Å². The summed E-state index contributed by atoms with van der Waals surface area (Å²) in [5.74, 6) is -0.156. The number of benzene rings is 1. The van der Waals surface area contributed by atoms with Gasteiger partial charge in [0.15, 0.2) is 0 Å². The second-order valence-electron chi connectivity index (χ2n) is 4.62. The van der Waals surface area contributed by atoms with Crippen LogP contribution in [-0.2, 0) is 9.59 Å². The highest BCUT2D eigenvalue weighted by atomic mass is 79.9. The first kappa shape index (κ1) is 14.1. The molecule has 1 atom stereocenters.